The third-order valence-corrected chi connectivity index (χ3v) is 5.38. The molecule has 2 heterocycles. The van der Waals surface area contributed by atoms with Gasteiger partial charge in [0.05, 0.1) is 16.7 Å². The predicted octanol–water partition coefficient (Wildman–Crippen LogP) is 4.18. The van der Waals surface area contributed by atoms with E-state index >= 15 is 0 Å². The molecule has 5 heteroatoms. The number of thiophene rings is 1. The summed E-state index contributed by atoms with van der Waals surface area (Å²) in [6.07, 6.45) is 0. The molecule has 1 atom stereocenters. The van der Waals surface area contributed by atoms with Crippen LogP contribution in [0.3, 0.4) is 0 Å². The van der Waals surface area contributed by atoms with E-state index in [-0.39, 0.29) is 11.2 Å². The minimum absolute atomic E-state index is 0.0594. The lowest BCUT2D eigenvalue weighted by molar-refractivity contribution is -0.113. The number of rotatable bonds is 1. The molecule has 0 fully saturated rings. The highest BCUT2D eigenvalue weighted by Gasteiger charge is 2.25. The first-order chi connectivity index (χ1) is 8.74. The Morgan fingerprint density at radius 2 is 2.22 bits per heavy atom. The third-order valence-electron chi connectivity index (χ3n) is 2.74. The van der Waals surface area contributed by atoms with E-state index in [4.69, 9.17) is 11.6 Å². The predicted molar refractivity (Wildman–Crippen MR) is 78.7 cm³/mol. The minimum Gasteiger partial charge on any atom is -0.324 e. The topological polar surface area (TPSA) is 29.1 Å². The number of amides is 1. The second-order valence-corrected chi connectivity index (χ2v) is 6.47. The summed E-state index contributed by atoms with van der Waals surface area (Å²) >= 11 is 9.36. The van der Waals surface area contributed by atoms with Crippen molar-refractivity contribution in [3.05, 3.63) is 51.2 Å². The molecule has 0 spiro atoms. The number of fused-ring (bicyclic) bond motifs is 1. The number of carbonyl (C=O) groups is 1. The van der Waals surface area contributed by atoms with Crippen LogP contribution in [0.4, 0.5) is 5.69 Å². The van der Waals surface area contributed by atoms with E-state index in [0.717, 1.165) is 16.3 Å². The van der Waals surface area contributed by atoms with Crippen molar-refractivity contribution in [2.75, 3.05) is 11.1 Å². The Hall–Kier alpha value is -0.970. The molecule has 2 aromatic rings. The maximum absolute atomic E-state index is 11.6. The van der Waals surface area contributed by atoms with Gasteiger partial charge in [0.25, 0.3) is 0 Å². The maximum Gasteiger partial charge on any atom is 0.234 e. The second kappa shape index (κ2) is 4.96. The van der Waals surface area contributed by atoms with Gasteiger partial charge in [0.2, 0.25) is 5.91 Å². The van der Waals surface area contributed by atoms with Gasteiger partial charge in [-0.1, -0.05) is 23.7 Å². The minimum atomic E-state index is 0.0594. The largest absolute Gasteiger partial charge is 0.324 e. The number of hydrogen-bond donors (Lipinski definition) is 1. The van der Waals surface area contributed by atoms with Crippen molar-refractivity contribution in [1.82, 2.24) is 0 Å². The van der Waals surface area contributed by atoms with Crippen molar-refractivity contribution in [2.24, 2.45) is 0 Å². The molecule has 1 aromatic heterocycles. The number of benzene rings is 1. The zero-order valence-electron chi connectivity index (χ0n) is 9.35. The van der Waals surface area contributed by atoms with E-state index in [2.05, 4.69) is 11.4 Å². The van der Waals surface area contributed by atoms with Crippen LogP contribution in [0.15, 0.2) is 35.7 Å². The molecule has 92 valence electrons. The van der Waals surface area contributed by atoms with Gasteiger partial charge in [0.15, 0.2) is 0 Å². The van der Waals surface area contributed by atoms with Gasteiger partial charge in [-0.05, 0) is 29.1 Å². The molecule has 1 aliphatic heterocycles. The summed E-state index contributed by atoms with van der Waals surface area (Å²) in [5.74, 6) is 0.530. The van der Waals surface area contributed by atoms with Crippen molar-refractivity contribution < 1.29 is 4.79 Å². The van der Waals surface area contributed by atoms with E-state index in [1.54, 1.807) is 23.1 Å². The molecule has 0 saturated heterocycles. The van der Waals surface area contributed by atoms with Crippen LogP contribution in [0.5, 0.6) is 0 Å². The molecular formula is C13H10ClNOS2. The van der Waals surface area contributed by atoms with Gasteiger partial charge in [0, 0.05) is 9.90 Å². The van der Waals surface area contributed by atoms with E-state index < -0.39 is 0 Å². The molecule has 0 bridgehead atoms. The van der Waals surface area contributed by atoms with Crippen molar-refractivity contribution >= 4 is 46.3 Å². The highest BCUT2D eigenvalue weighted by Crippen LogP contribution is 2.44. The Kier molecular flexibility index (Phi) is 3.33. The van der Waals surface area contributed by atoms with Gasteiger partial charge >= 0.3 is 0 Å². The van der Waals surface area contributed by atoms with Crippen LogP contribution in [0.2, 0.25) is 5.02 Å². The molecule has 0 unspecified atom stereocenters. The van der Waals surface area contributed by atoms with Crippen LogP contribution >= 0.6 is 34.7 Å². The van der Waals surface area contributed by atoms with Gasteiger partial charge in [-0.15, -0.1) is 23.1 Å². The average Bonchev–Trinajstić information content (AvgIpc) is 2.72. The lowest BCUT2D eigenvalue weighted by Gasteiger charge is -2.14. The van der Waals surface area contributed by atoms with Crippen LogP contribution in [0.1, 0.15) is 15.7 Å². The van der Waals surface area contributed by atoms with Crippen molar-refractivity contribution in [1.29, 1.82) is 0 Å². The fraction of sp³-hybridized carbons (Fsp3) is 0.154. The zero-order chi connectivity index (χ0) is 12.5. The van der Waals surface area contributed by atoms with Crippen LogP contribution in [0, 0.1) is 0 Å². The molecule has 1 amide bonds. The Morgan fingerprint density at radius 1 is 1.33 bits per heavy atom. The summed E-state index contributed by atoms with van der Waals surface area (Å²) in [5.41, 5.74) is 2.08. The van der Waals surface area contributed by atoms with Gasteiger partial charge in [-0.3, -0.25) is 4.79 Å². The van der Waals surface area contributed by atoms with Gasteiger partial charge < -0.3 is 5.32 Å². The number of anilines is 1. The Balaban J connectivity index is 2.05. The molecule has 1 aromatic carbocycles. The van der Waals surface area contributed by atoms with Crippen LogP contribution in [-0.2, 0) is 4.79 Å². The molecule has 18 heavy (non-hydrogen) atoms. The highest BCUT2D eigenvalue weighted by molar-refractivity contribution is 8.00. The smallest absolute Gasteiger partial charge is 0.234 e. The number of thioether (sulfide) groups is 1. The van der Waals surface area contributed by atoms with Gasteiger partial charge in [0.1, 0.15) is 0 Å². The van der Waals surface area contributed by atoms with E-state index in [0.29, 0.717) is 5.75 Å². The fourth-order valence-corrected chi connectivity index (χ4v) is 4.40. The van der Waals surface area contributed by atoms with Gasteiger partial charge in [-0.25, -0.2) is 0 Å². The first-order valence-corrected chi connectivity index (χ1v) is 7.79. The van der Waals surface area contributed by atoms with E-state index in [1.165, 1.54) is 4.88 Å². The van der Waals surface area contributed by atoms with Crippen molar-refractivity contribution in [2.45, 2.75) is 5.25 Å². The standard InChI is InChI=1S/C13H10ClNOS2/c14-9-3-1-2-8(6-9)12-13-10(4-5-17-13)15-11(16)7-18-12/h1-6,12H,7H2,(H,15,16)/t12-/m0/s1. The monoisotopic (exact) mass is 295 g/mol. The van der Waals surface area contributed by atoms with Crippen molar-refractivity contribution in [3.8, 4) is 0 Å². The highest BCUT2D eigenvalue weighted by atomic mass is 35.5. The lowest BCUT2D eigenvalue weighted by atomic mass is 10.1. The van der Waals surface area contributed by atoms with Crippen LogP contribution in [0.25, 0.3) is 0 Å². The summed E-state index contributed by atoms with van der Waals surface area (Å²) in [5, 5.41) is 5.85. The van der Waals surface area contributed by atoms with Gasteiger partial charge in [-0.2, -0.15) is 0 Å². The zero-order valence-corrected chi connectivity index (χ0v) is 11.7. The number of halogens is 1. The van der Waals surface area contributed by atoms with Crippen LogP contribution in [-0.4, -0.2) is 11.7 Å². The van der Waals surface area contributed by atoms with E-state index in [9.17, 15) is 4.79 Å². The molecule has 1 N–H and O–H groups in total. The molecule has 3 rings (SSSR count). The normalized spacial score (nSPS) is 18.9. The summed E-state index contributed by atoms with van der Waals surface area (Å²) in [7, 11) is 0. The Bertz CT molecular complexity index is 596. The Morgan fingerprint density at radius 3 is 3.06 bits per heavy atom. The SMILES string of the molecule is O=C1CS[C@@H](c2cccc(Cl)c2)c2sccc2N1. The molecule has 0 saturated carbocycles. The molecule has 2 nitrogen and oxygen atoms in total. The number of nitrogens with one attached hydrogen (secondary N) is 1. The summed E-state index contributed by atoms with van der Waals surface area (Å²) in [6, 6.07) is 9.81. The summed E-state index contributed by atoms with van der Waals surface area (Å²) in [6.45, 7) is 0. The number of hydrogen-bond acceptors (Lipinski definition) is 3. The lowest BCUT2D eigenvalue weighted by Crippen LogP contribution is -2.11. The first kappa shape index (κ1) is 12.1. The fourth-order valence-electron chi connectivity index (χ4n) is 1.97. The third kappa shape index (κ3) is 2.28. The number of carbonyl (C=O) groups excluding carboxylic acids is 1. The molecule has 0 radical (unpaired) electrons. The molecule has 1 aliphatic rings. The first-order valence-electron chi connectivity index (χ1n) is 5.48. The summed E-state index contributed by atoms with van der Waals surface area (Å²) < 4.78 is 0. The molecular weight excluding hydrogens is 286 g/mol. The Labute approximate surface area is 118 Å². The van der Waals surface area contributed by atoms with Crippen molar-refractivity contribution in [3.63, 3.8) is 0 Å². The molecule has 0 aliphatic carbocycles. The summed E-state index contributed by atoms with van der Waals surface area (Å²) in [4.78, 5) is 12.8. The second-order valence-electron chi connectivity index (χ2n) is 3.99. The van der Waals surface area contributed by atoms with Crippen LogP contribution < -0.4 is 5.32 Å². The maximum atomic E-state index is 11.6. The quantitative estimate of drug-likeness (QED) is 0.855. The van der Waals surface area contributed by atoms with E-state index in [1.807, 2.05) is 29.6 Å². The average molecular weight is 296 g/mol.